The van der Waals surface area contributed by atoms with Crippen LogP contribution in [0.3, 0.4) is 0 Å². The van der Waals surface area contributed by atoms with Crippen molar-refractivity contribution in [2.45, 2.75) is 38.0 Å². The number of hydrogen-bond donors (Lipinski definition) is 0. The highest BCUT2D eigenvalue weighted by atomic mass is 19.4. The van der Waals surface area contributed by atoms with E-state index in [0.29, 0.717) is 25.3 Å². The van der Waals surface area contributed by atoms with E-state index in [0.717, 1.165) is 16.8 Å². The molecule has 0 unspecified atom stereocenters. The van der Waals surface area contributed by atoms with Crippen LogP contribution >= 0.6 is 0 Å². The molecule has 5 nitrogen and oxygen atoms in total. The van der Waals surface area contributed by atoms with Gasteiger partial charge in [-0.1, -0.05) is 5.11 Å². The number of fused-ring (bicyclic) bond motifs is 1. The third-order valence-electron chi connectivity index (χ3n) is 4.13. The quantitative estimate of drug-likeness (QED) is 0.286. The van der Waals surface area contributed by atoms with Crippen molar-refractivity contribution in [2.24, 2.45) is 5.11 Å². The Morgan fingerprint density at radius 2 is 1.73 bits per heavy atom. The minimum Gasteiger partial charge on any atom is -0.236 e. The van der Waals surface area contributed by atoms with E-state index in [4.69, 9.17) is 5.53 Å². The Morgan fingerprint density at radius 3 is 2.35 bits per heavy atom. The Kier molecular flexibility index (Phi) is 4.35. The van der Waals surface area contributed by atoms with E-state index < -0.39 is 29.3 Å². The van der Waals surface area contributed by atoms with Gasteiger partial charge in [0.15, 0.2) is 5.69 Å². The molecule has 0 radical (unpaired) electrons. The lowest BCUT2D eigenvalue weighted by Crippen LogP contribution is -2.11. The van der Waals surface area contributed by atoms with Crippen LogP contribution in [0.4, 0.5) is 32.0 Å². The van der Waals surface area contributed by atoms with E-state index in [1.54, 1.807) is 0 Å². The van der Waals surface area contributed by atoms with Gasteiger partial charge in [0.05, 0.1) is 16.9 Å². The fourth-order valence-electron chi connectivity index (χ4n) is 3.03. The molecule has 0 amide bonds. The van der Waals surface area contributed by atoms with E-state index >= 15 is 0 Å². The summed E-state index contributed by atoms with van der Waals surface area (Å²) in [4.78, 5) is 2.48. The monoisotopic (exact) mass is 375 g/mol. The van der Waals surface area contributed by atoms with Crippen LogP contribution in [0, 0.1) is 0 Å². The molecule has 1 aliphatic carbocycles. The predicted octanol–water partition coefficient (Wildman–Crippen LogP) is 5.73. The Bertz CT molecular complexity index is 889. The summed E-state index contributed by atoms with van der Waals surface area (Å²) < 4.78 is 79.4. The lowest BCUT2D eigenvalue weighted by Gasteiger charge is -2.16. The van der Waals surface area contributed by atoms with Crippen LogP contribution < -0.4 is 0 Å². The summed E-state index contributed by atoms with van der Waals surface area (Å²) in [7, 11) is 0. The van der Waals surface area contributed by atoms with E-state index in [1.807, 2.05) is 0 Å². The Labute approximate surface area is 142 Å². The summed E-state index contributed by atoms with van der Waals surface area (Å²) >= 11 is 0. The lowest BCUT2D eigenvalue weighted by molar-refractivity contribution is -0.142. The molecule has 1 aromatic heterocycles. The minimum atomic E-state index is -4.68. The fourth-order valence-corrected chi connectivity index (χ4v) is 3.03. The topological polar surface area (TPSA) is 66.6 Å². The van der Waals surface area contributed by atoms with E-state index in [2.05, 4.69) is 15.1 Å². The van der Waals surface area contributed by atoms with Gasteiger partial charge in [-0.2, -0.15) is 31.4 Å². The van der Waals surface area contributed by atoms with Gasteiger partial charge in [0.1, 0.15) is 0 Å². The molecule has 0 fully saturated rings. The number of halogens is 6. The van der Waals surface area contributed by atoms with E-state index in [9.17, 15) is 26.3 Å². The minimum absolute atomic E-state index is 0.0375. The molecule has 0 atom stereocenters. The SMILES string of the molecule is [N-]=[N+]=Nc1cc(C(F)(F)F)ccc1-n1nc(C(F)(F)F)c2c1CCCC2. The van der Waals surface area contributed by atoms with Crippen molar-refractivity contribution in [2.75, 3.05) is 0 Å². The molecule has 26 heavy (non-hydrogen) atoms. The largest absolute Gasteiger partial charge is 0.435 e. The molecule has 3 rings (SSSR count). The zero-order chi connectivity index (χ0) is 19.1. The Morgan fingerprint density at radius 1 is 1.04 bits per heavy atom. The molecule has 1 aromatic carbocycles. The van der Waals surface area contributed by atoms with Crippen molar-refractivity contribution in [1.82, 2.24) is 9.78 Å². The van der Waals surface area contributed by atoms with Gasteiger partial charge in [0.2, 0.25) is 0 Å². The van der Waals surface area contributed by atoms with Crippen molar-refractivity contribution in [3.8, 4) is 5.69 Å². The first-order valence-electron chi connectivity index (χ1n) is 7.57. The fraction of sp³-hybridized carbons (Fsp3) is 0.400. The Balaban J connectivity index is 2.24. The van der Waals surface area contributed by atoms with Gasteiger partial charge in [-0.15, -0.1) is 0 Å². The maximum absolute atomic E-state index is 13.3. The van der Waals surface area contributed by atoms with Crippen LogP contribution in [-0.4, -0.2) is 9.78 Å². The molecule has 0 saturated heterocycles. The number of hydrogen-bond acceptors (Lipinski definition) is 2. The highest BCUT2D eigenvalue weighted by molar-refractivity contribution is 5.60. The number of aromatic nitrogens is 2. The molecular formula is C15H11F6N5. The first kappa shape index (κ1) is 18.1. The first-order valence-corrected chi connectivity index (χ1v) is 7.57. The van der Waals surface area contributed by atoms with Crippen molar-refractivity contribution < 1.29 is 26.3 Å². The number of nitrogens with zero attached hydrogens (tertiary/aromatic N) is 5. The summed E-state index contributed by atoms with van der Waals surface area (Å²) in [6.07, 6.45) is -7.68. The number of azide groups is 1. The molecule has 1 aliphatic rings. The number of rotatable bonds is 2. The maximum atomic E-state index is 13.3. The van der Waals surface area contributed by atoms with Crippen molar-refractivity contribution in [3.05, 3.63) is 51.2 Å². The van der Waals surface area contributed by atoms with Crippen LogP contribution in [0.25, 0.3) is 16.1 Å². The summed E-state index contributed by atoms with van der Waals surface area (Å²) in [6.45, 7) is 0. The molecular weight excluding hydrogens is 364 g/mol. The smallest absolute Gasteiger partial charge is 0.236 e. The average molecular weight is 375 g/mol. The van der Waals surface area contributed by atoms with Gasteiger partial charge in [-0.25, -0.2) is 4.68 Å². The molecule has 0 bridgehead atoms. The van der Waals surface area contributed by atoms with Crippen LogP contribution in [0.15, 0.2) is 23.3 Å². The van der Waals surface area contributed by atoms with Crippen LogP contribution in [0.1, 0.15) is 35.4 Å². The summed E-state index contributed by atoms with van der Waals surface area (Å²) in [5.41, 5.74) is 6.25. The molecule has 1 heterocycles. The molecule has 0 spiro atoms. The van der Waals surface area contributed by atoms with Crippen LogP contribution in [0.2, 0.25) is 0 Å². The van der Waals surface area contributed by atoms with Gasteiger partial charge in [0, 0.05) is 16.2 Å². The molecule has 0 N–H and O–H groups in total. The highest BCUT2D eigenvalue weighted by Crippen LogP contribution is 2.39. The lowest BCUT2D eigenvalue weighted by atomic mass is 9.95. The summed E-state index contributed by atoms with van der Waals surface area (Å²) in [5, 5.41) is 6.81. The molecule has 0 saturated carbocycles. The van der Waals surface area contributed by atoms with Gasteiger partial charge in [0.25, 0.3) is 0 Å². The second-order valence-electron chi connectivity index (χ2n) is 5.78. The third-order valence-corrected chi connectivity index (χ3v) is 4.13. The van der Waals surface area contributed by atoms with Gasteiger partial charge < -0.3 is 0 Å². The molecule has 138 valence electrons. The van der Waals surface area contributed by atoms with Gasteiger partial charge in [-0.05, 0) is 49.4 Å². The normalized spacial score (nSPS) is 14.7. The second-order valence-corrected chi connectivity index (χ2v) is 5.78. The molecule has 2 aromatic rings. The van der Waals surface area contributed by atoms with Crippen LogP contribution in [0.5, 0.6) is 0 Å². The predicted molar refractivity (Wildman–Crippen MR) is 79.0 cm³/mol. The van der Waals surface area contributed by atoms with Gasteiger partial charge in [-0.3, -0.25) is 0 Å². The van der Waals surface area contributed by atoms with Crippen LogP contribution in [-0.2, 0) is 25.2 Å². The van der Waals surface area contributed by atoms with Crippen molar-refractivity contribution in [1.29, 1.82) is 0 Å². The third kappa shape index (κ3) is 3.22. The van der Waals surface area contributed by atoms with E-state index in [1.165, 1.54) is 0 Å². The van der Waals surface area contributed by atoms with Crippen molar-refractivity contribution >= 4 is 5.69 Å². The number of benzene rings is 1. The molecule has 0 aliphatic heterocycles. The zero-order valence-corrected chi connectivity index (χ0v) is 13.1. The maximum Gasteiger partial charge on any atom is 0.435 e. The highest BCUT2D eigenvalue weighted by Gasteiger charge is 2.40. The second kappa shape index (κ2) is 6.24. The average Bonchev–Trinajstić information content (AvgIpc) is 2.94. The first-order chi connectivity index (χ1) is 12.1. The zero-order valence-electron chi connectivity index (χ0n) is 13.1. The van der Waals surface area contributed by atoms with Gasteiger partial charge >= 0.3 is 12.4 Å². The Hall–Kier alpha value is -2.68. The summed E-state index contributed by atoms with van der Waals surface area (Å²) in [5.74, 6) is 0. The standard InChI is InChI=1S/C15H11F6N5/c16-14(17,18)8-5-6-12(10(7-8)23-25-22)26-11-4-2-1-3-9(11)13(24-26)15(19,20)21/h5-7H,1-4H2. The number of alkyl halides is 6. The summed E-state index contributed by atoms with van der Waals surface area (Å²) in [6, 6.07) is 2.28. The van der Waals surface area contributed by atoms with E-state index in [-0.39, 0.29) is 23.4 Å². The molecule has 11 heteroatoms. The van der Waals surface area contributed by atoms with Crippen molar-refractivity contribution in [3.63, 3.8) is 0 Å².